The summed E-state index contributed by atoms with van der Waals surface area (Å²) in [6.45, 7) is 11.3. The Morgan fingerprint density at radius 1 is 0.971 bits per heavy atom. The van der Waals surface area contributed by atoms with E-state index in [0.29, 0.717) is 5.69 Å². The summed E-state index contributed by atoms with van der Waals surface area (Å²) in [5, 5.41) is 2.93. The van der Waals surface area contributed by atoms with Crippen molar-refractivity contribution in [2.45, 2.75) is 72.5 Å². The standard InChI is InChI=1S/C27H39N3O4S/c1-8-21(5)28-27(32)22(6)29(17-23-15-13-20(4)14-16-23)26(31)18-30(35(7,33)34)25-12-10-9-11-24(25)19(2)3/h9-16,19,21-22H,8,17-18H2,1-7H3,(H,28,32)/t21-,22+/m0/s1. The van der Waals surface area contributed by atoms with Crippen LogP contribution in [-0.2, 0) is 26.2 Å². The predicted octanol–water partition coefficient (Wildman–Crippen LogP) is 4.22. The van der Waals surface area contributed by atoms with Gasteiger partial charge >= 0.3 is 0 Å². The molecular formula is C27H39N3O4S. The molecule has 2 aromatic carbocycles. The minimum absolute atomic E-state index is 0.0355. The fraction of sp³-hybridized carbons (Fsp3) is 0.481. The number of nitrogens with zero attached hydrogens (tertiary/aromatic N) is 2. The average molecular weight is 502 g/mol. The molecular weight excluding hydrogens is 462 g/mol. The summed E-state index contributed by atoms with van der Waals surface area (Å²) in [7, 11) is -3.76. The number of amides is 2. The number of sulfonamides is 1. The van der Waals surface area contributed by atoms with Crippen molar-refractivity contribution in [1.82, 2.24) is 10.2 Å². The van der Waals surface area contributed by atoms with E-state index in [1.165, 1.54) is 4.90 Å². The Balaban J connectivity index is 2.44. The van der Waals surface area contributed by atoms with Gasteiger partial charge in [0.25, 0.3) is 0 Å². The van der Waals surface area contributed by atoms with Gasteiger partial charge in [-0.15, -0.1) is 0 Å². The third kappa shape index (κ3) is 7.82. The topological polar surface area (TPSA) is 86.8 Å². The fourth-order valence-corrected chi connectivity index (χ4v) is 4.60. The van der Waals surface area contributed by atoms with Crippen LogP contribution in [0.4, 0.5) is 5.69 Å². The Kier molecular flexibility index (Phi) is 9.89. The highest BCUT2D eigenvalue weighted by Crippen LogP contribution is 2.29. The third-order valence-corrected chi connectivity index (χ3v) is 7.27. The molecule has 8 heteroatoms. The van der Waals surface area contributed by atoms with Gasteiger partial charge in [0.1, 0.15) is 12.6 Å². The highest BCUT2D eigenvalue weighted by atomic mass is 32.2. The van der Waals surface area contributed by atoms with Crippen LogP contribution in [0.15, 0.2) is 48.5 Å². The predicted molar refractivity (Wildman–Crippen MR) is 142 cm³/mol. The smallest absolute Gasteiger partial charge is 0.244 e. The number of hydrogen-bond donors (Lipinski definition) is 1. The molecule has 0 aliphatic rings. The Hall–Kier alpha value is -2.87. The number of carbonyl (C=O) groups excluding carboxylic acids is 2. The number of anilines is 1. The molecule has 0 radical (unpaired) electrons. The molecule has 0 aliphatic heterocycles. The molecule has 0 aromatic heterocycles. The maximum Gasteiger partial charge on any atom is 0.244 e. The monoisotopic (exact) mass is 501 g/mol. The molecule has 2 aromatic rings. The maximum absolute atomic E-state index is 13.7. The molecule has 1 N–H and O–H groups in total. The zero-order valence-corrected chi connectivity index (χ0v) is 22.7. The lowest BCUT2D eigenvalue weighted by molar-refractivity contribution is -0.139. The largest absolute Gasteiger partial charge is 0.352 e. The summed E-state index contributed by atoms with van der Waals surface area (Å²) in [6.07, 6.45) is 1.86. The maximum atomic E-state index is 13.7. The molecule has 0 spiro atoms. The second-order valence-electron chi connectivity index (χ2n) is 9.48. The summed E-state index contributed by atoms with van der Waals surface area (Å²) in [5.41, 5.74) is 3.26. The fourth-order valence-electron chi connectivity index (χ4n) is 3.74. The SMILES string of the molecule is CC[C@H](C)NC(=O)[C@@H](C)N(Cc1ccc(C)cc1)C(=O)CN(c1ccccc1C(C)C)S(C)(=O)=O. The molecule has 35 heavy (non-hydrogen) atoms. The van der Waals surface area contributed by atoms with Crippen molar-refractivity contribution in [3.63, 3.8) is 0 Å². The Labute approximate surface area is 210 Å². The summed E-state index contributed by atoms with van der Waals surface area (Å²) in [6, 6.07) is 14.1. The molecule has 0 saturated carbocycles. The molecule has 0 unspecified atom stereocenters. The second-order valence-corrected chi connectivity index (χ2v) is 11.4. The molecule has 7 nitrogen and oxygen atoms in total. The normalized spacial score (nSPS) is 13.3. The van der Waals surface area contributed by atoms with E-state index in [0.717, 1.165) is 33.7 Å². The number of para-hydroxylation sites is 1. The minimum Gasteiger partial charge on any atom is -0.352 e. The van der Waals surface area contributed by atoms with E-state index >= 15 is 0 Å². The first kappa shape index (κ1) is 28.4. The van der Waals surface area contributed by atoms with Crippen LogP contribution in [0.1, 0.15) is 63.6 Å². The van der Waals surface area contributed by atoms with E-state index in [-0.39, 0.29) is 24.4 Å². The molecule has 0 fully saturated rings. The zero-order chi connectivity index (χ0) is 26.3. The van der Waals surface area contributed by atoms with Crippen molar-refractivity contribution in [2.75, 3.05) is 17.1 Å². The van der Waals surface area contributed by atoms with Gasteiger partial charge in [-0.25, -0.2) is 8.42 Å². The number of carbonyl (C=O) groups is 2. The molecule has 2 amide bonds. The van der Waals surface area contributed by atoms with Crippen LogP contribution < -0.4 is 9.62 Å². The lowest BCUT2D eigenvalue weighted by Crippen LogP contribution is -2.52. The van der Waals surface area contributed by atoms with Gasteiger partial charge < -0.3 is 10.2 Å². The van der Waals surface area contributed by atoms with Crippen LogP contribution >= 0.6 is 0 Å². The first-order valence-corrected chi connectivity index (χ1v) is 13.9. The lowest BCUT2D eigenvalue weighted by Gasteiger charge is -2.32. The van der Waals surface area contributed by atoms with Crippen molar-refractivity contribution >= 4 is 27.5 Å². The minimum atomic E-state index is -3.76. The van der Waals surface area contributed by atoms with Crippen LogP contribution in [0.2, 0.25) is 0 Å². The van der Waals surface area contributed by atoms with Gasteiger partial charge in [0.15, 0.2) is 0 Å². The van der Waals surface area contributed by atoms with E-state index < -0.39 is 28.5 Å². The van der Waals surface area contributed by atoms with Crippen LogP contribution in [0.5, 0.6) is 0 Å². The summed E-state index contributed by atoms with van der Waals surface area (Å²) >= 11 is 0. The van der Waals surface area contributed by atoms with Gasteiger partial charge in [0.2, 0.25) is 21.8 Å². The quantitative estimate of drug-likeness (QED) is 0.500. The molecule has 2 rings (SSSR count). The Morgan fingerprint density at radius 3 is 2.11 bits per heavy atom. The van der Waals surface area contributed by atoms with Gasteiger partial charge in [-0.1, -0.05) is 68.8 Å². The van der Waals surface area contributed by atoms with Crippen LogP contribution in [-0.4, -0.2) is 50.0 Å². The molecule has 0 heterocycles. The third-order valence-electron chi connectivity index (χ3n) is 6.15. The van der Waals surface area contributed by atoms with Crippen molar-refractivity contribution in [1.29, 1.82) is 0 Å². The van der Waals surface area contributed by atoms with Gasteiger partial charge in [-0.2, -0.15) is 0 Å². The highest BCUT2D eigenvalue weighted by molar-refractivity contribution is 7.92. The van der Waals surface area contributed by atoms with E-state index in [9.17, 15) is 18.0 Å². The Morgan fingerprint density at radius 2 is 1.57 bits per heavy atom. The van der Waals surface area contributed by atoms with Crippen LogP contribution in [0.25, 0.3) is 0 Å². The summed E-state index contributed by atoms with van der Waals surface area (Å²) < 4.78 is 26.8. The van der Waals surface area contributed by atoms with E-state index in [4.69, 9.17) is 0 Å². The number of hydrogen-bond acceptors (Lipinski definition) is 4. The van der Waals surface area contributed by atoms with Gasteiger partial charge in [-0.05, 0) is 50.3 Å². The highest BCUT2D eigenvalue weighted by Gasteiger charge is 2.31. The van der Waals surface area contributed by atoms with Gasteiger partial charge in [0.05, 0.1) is 11.9 Å². The number of aryl methyl sites for hydroxylation is 1. The van der Waals surface area contributed by atoms with Crippen molar-refractivity contribution in [3.05, 3.63) is 65.2 Å². The second kappa shape index (κ2) is 12.2. The average Bonchev–Trinajstić information content (AvgIpc) is 2.80. The Bertz CT molecular complexity index is 1110. The van der Waals surface area contributed by atoms with Crippen LogP contribution in [0, 0.1) is 6.92 Å². The first-order valence-electron chi connectivity index (χ1n) is 12.1. The van der Waals surface area contributed by atoms with Crippen molar-refractivity contribution < 1.29 is 18.0 Å². The molecule has 0 aliphatic carbocycles. The van der Waals surface area contributed by atoms with E-state index in [1.807, 2.05) is 71.0 Å². The summed E-state index contributed by atoms with van der Waals surface area (Å²) in [4.78, 5) is 28.1. The van der Waals surface area contributed by atoms with Gasteiger partial charge in [-0.3, -0.25) is 13.9 Å². The zero-order valence-electron chi connectivity index (χ0n) is 21.9. The van der Waals surface area contributed by atoms with Crippen molar-refractivity contribution in [3.8, 4) is 0 Å². The van der Waals surface area contributed by atoms with E-state index in [1.54, 1.807) is 19.1 Å². The molecule has 0 bridgehead atoms. The lowest BCUT2D eigenvalue weighted by atomic mass is 10.0. The molecule has 0 saturated heterocycles. The number of rotatable bonds is 11. The first-order chi connectivity index (χ1) is 16.3. The number of nitrogens with one attached hydrogen (secondary N) is 1. The molecule has 192 valence electrons. The molecule has 2 atom stereocenters. The van der Waals surface area contributed by atoms with Crippen molar-refractivity contribution in [2.24, 2.45) is 0 Å². The van der Waals surface area contributed by atoms with Gasteiger partial charge in [0, 0.05) is 12.6 Å². The number of benzene rings is 2. The summed E-state index contributed by atoms with van der Waals surface area (Å²) in [5.74, 6) is -0.649. The van der Waals surface area contributed by atoms with Crippen LogP contribution in [0.3, 0.4) is 0 Å². The van der Waals surface area contributed by atoms with E-state index in [2.05, 4.69) is 5.32 Å².